The molecular formula is C15H17ClN2. The van der Waals surface area contributed by atoms with Crippen LogP contribution in [0.5, 0.6) is 0 Å². The Labute approximate surface area is 113 Å². The molecule has 1 aromatic carbocycles. The fraction of sp³-hybridized carbons (Fsp3) is 0.267. The molecule has 2 nitrogen and oxygen atoms in total. The number of aryl methyl sites for hydroxylation is 1. The maximum atomic E-state index is 6.03. The van der Waals surface area contributed by atoms with Crippen molar-refractivity contribution in [3.63, 3.8) is 0 Å². The van der Waals surface area contributed by atoms with Gasteiger partial charge in [0.15, 0.2) is 0 Å². The quantitative estimate of drug-likeness (QED) is 0.830. The van der Waals surface area contributed by atoms with Crippen LogP contribution in [0.2, 0.25) is 0 Å². The second kappa shape index (κ2) is 6.41. The molecular weight excluding hydrogens is 244 g/mol. The zero-order chi connectivity index (χ0) is 12.8. The zero-order valence-electron chi connectivity index (χ0n) is 10.4. The zero-order valence-corrected chi connectivity index (χ0v) is 11.2. The number of nitrogens with zero attached hydrogens (tertiary/aromatic N) is 1. The number of pyridine rings is 1. The summed E-state index contributed by atoms with van der Waals surface area (Å²) in [7, 11) is 0. The first-order chi connectivity index (χ1) is 8.79. The van der Waals surface area contributed by atoms with E-state index in [0.29, 0.717) is 5.88 Å². The summed E-state index contributed by atoms with van der Waals surface area (Å²) in [6.45, 7) is 2.04. The number of nitrogens with one attached hydrogen (secondary N) is 1. The Kier molecular flexibility index (Phi) is 4.59. The van der Waals surface area contributed by atoms with Gasteiger partial charge in [0, 0.05) is 18.1 Å². The van der Waals surface area contributed by atoms with Crippen LogP contribution in [0.15, 0.2) is 48.7 Å². The van der Waals surface area contributed by atoms with Crippen LogP contribution >= 0.6 is 11.6 Å². The van der Waals surface area contributed by atoms with Crippen LogP contribution in [0.1, 0.15) is 11.1 Å². The first kappa shape index (κ1) is 12.9. The fourth-order valence-corrected chi connectivity index (χ4v) is 2.06. The number of benzene rings is 1. The van der Waals surface area contributed by atoms with Crippen molar-refractivity contribution < 1.29 is 0 Å². The summed E-state index contributed by atoms with van der Waals surface area (Å²) in [4.78, 5) is 4.34. The molecule has 0 spiro atoms. The van der Waals surface area contributed by atoms with Crippen molar-refractivity contribution in [2.24, 2.45) is 0 Å². The number of alkyl halides is 1. The number of halogens is 1. The minimum Gasteiger partial charge on any atom is -0.366 e. The molecule has 94 valence electrons. The lowest BCUT2D eigenvalue weighted by molar-refractivity contribution is 0.790. The molecule has 0 saturated heterocycles. The van der Waals surface area contributed by atoms with Crippen molar-refractivity contribution in [1.82, 2.24) is 4.98 Å². The second-order valence-corrected chi connectivity index (χ2v) is 4.66. The summed E-state index contributed by atoms with van der Waals surface area (Å²) in [5.74, 6) is 1.48. The Bertz CT molecular complexity index is 485. The lowest BCUT2D eigenvalue weighted by Crippen LogP contribution is -2.25. The van der Waals surface area contributed by atoms with Crippen LogP contribution in [0.4, 0.5) is 5.82 Å². The highest BCUT2D eigenvalue weighted by molar-refractivity contribution is 6.18. The fourth-order valence-electron chi connectivity index (χ4n) is 1.87. The monoisotopic (exact) mass is 260 g/mol. The summed E-state index contributed by atoms with van der Waals surface area (Å²) < 4.78 is 0. The number of anilines is 1. The minimum atomic E-state index is 0.197. The molecule has 0 aliphatic carbocycles. The van der Waals surface area contributed by atoms with E-state index in [1.54, 1.807) is 6.20 Å². The maximum Gasteiger partial charge on any atom is 0.129 e. The van der Waals surface area contributed by atoms with E-state index in [1.807, 2.05) is 37.3 Å². The molecule has 1 heterocycles. The molecule has 0 aliphatic heterocycles. The topological polar surface area (TPSA) is 24.9 Å². The molecule has 3 heteroatoms. The van der Waals surface area contributed by atoms with E-state index in [0.717, 1.165) is 17.8 Å². The van der Waals surface area contributed by atoms with Crippen LogP contribution in [-0.2, 0) is 6.42 Å². The summed E-state index contributed by atoms with van der Waals surface area (Å²) >= 11 is 6.03. The summed E-state index contributed by atoms with van der Waals surface area (Å²) in [6, 6.07) is 14.5. The SMILES string of the molecule is Cc1cccnc1NC(CCl)Cc1ccccc1. The maximum absolute atomic E-state index is 6.03. The van der Waals surface area contributed by atoms with Gasteiger partial charge in [0.2, 0.25) is 0 Å². The smallest absolute Gasteiger partial charge is 0.129 e. The van der Waals surface area contributed by atoms with E-state index in [9.17, 15) is 0 Å². The molecule has 1 N–H and O–H groups in total. The Hall–Kier alpha value is -1.54. The van der Waals surface area contributed by atoms with Crippen LogP contribution < -0.4 is 5.32 Å². The molecule has 1 aromatic heterocycles. The Morgan fingerprint density at radius 1 is 1.17 bits per heavy atom. The average Bonchev–Trinajstić information content (AvgIpc) is 2.41. The molecule has 1 atom stereocenters. The van der Waals surface area contributed by atoms with Crippen molar-refractivity contribution >= 4 is 17.4 Å². The summed E-state index contributed by atoms with van der Waals surface area (Å²) in [5.41, 5.74) is 2.42. The van der Waals surface area contributed by atoms with Crippen molar-refractivity contribution in [3.8, 4) is 0 Å². The molecule has 0 saturated carbocycles. The highest BCUT2D eigenvalue weighted by Crippen LogP contribution is 2.14. The molecule has 0 amide bonds. The molecule has 0 fully saturated rings. The highest BCUT2D eigenvalue weighted by atomic mass is 35.5. The van der Waals surface area contributed by atoms with Gasteiger partial charge in [-0.2, -0.15) is 0 Å². The standard InChI is InChI=1S/C15H17ClN2/c1-12-6-5-9-17-15(12)18-14(11-16)10-13-7-3-2-4-8-13/h2-9,14H,10-11H2,1H3,(H,17,18). The van der Waals surface area contributed by atoms with Gasteiger partial charge in [-0.05, 0) is 30.5 Å². The molecule has 0 radical (unpaired) electrons. The van der Waals surface area contributed by atoms with Gasteiger partial charge in [0.05, 0.1) is 0 Å². The number of aromatic nitrogens is 1. The average molecular weight is 261 g/mol. The first-order valence-electron chi connectivity index (χ1n) is 6.07. The molecule has 1 unspecified atom stereocenters. The van der Waals surface area contributed by atoms with Gasteiger partial charge in [-0.25, -0.2) is 4.98 Å². The molecule has 18 heavy (non-hydrogen) atoms. The first-order valence-corrected chi connectivity index (χ1v) is 6.61. The van der Waals surface area contributed by atoms with Gasteiger partial charge < -0.3 is 5.32 Å². The van der Waals surface area contributed by atoms with Gasteiger partial charge in [-0.3, -0.25) is 0 Å². The predicted molar refractivity (Wildman–Crippen MR) is 77.3 cm³/mol. The number of hydrogen-bond acceptors (Lipinski definition) is 2. The van der Waals surface area contributed by atoms with Gasteiger partial charge >= 0.3 is 0 Å². The van der Waals surface area contributed by atoms with E-state index in [4.69, 9.17) is 11.6 Å². The molecule has 2 rings (SSSR count). The second-order valence-electron chi connectivity index (χ2n) is 4.35. The van der Waals surface area contributed by atoms with Crippen molar-refractivity contribution in [3.05, 3.63) is 59.8 Å². The van der Waals surface area contributed by atoms with Gasteiger partial charge in [-0.15, -0.1) is 11.6 Å². The predicted octanol–water partition coefficient (Wildman–Crippen LogP) is 3.65. The van der Waals surface area contributed by atoms with Crippen LogP contribution in [0.25, 0.3) is 0 Å². The highest BCUT2D eigenvalue weighted by Gasteiger charge is 2.10. The largest absolute Gasteiger partial charge is 0.366 e. The third kappa shape index (κ3) is 3.47. The third-order valence-corrected chi connectivity index (χ3v) is 3.23. The summed E-state index contributed by atoms with van der Waals surface area (Å²) in [6.07, 6.45) is 2.70. The van der Waals surface area contributed by atoms with Crippen LogP contribution in [-0.4, -0.2) is 16.9 Å². The number of rotatable bonds is 5. The third-order valence-electron chi connectivity index (χ3n) is 2.86. The normalized spacial score (nSPS) is 12.1. The Morgan fingerprint density at radius 2 is 1.94 bits per heavy atom. The van der Waals surface area contributed by atoms with Crippen LogP contribution in [0, 0.1) is 6.92 Å². The van der Waals surface area contributed by atoms with Crippen molar-refractivity contribution in [2.45, 2.75) is 19.4 Å². The van der Waals surface area contributed by atoms with Crippen LogP contribution in [0.3, 0.4) is 0 Å². The van der Waals surface area contributed by atoms with E-state index < -0.39 is 0 Å². The van der Waals surface area contributed by atoms with E-state index in [1.165, 1.54) is 5.56 Å². The lowest BCUT2D eigenvalue weighted by Gasteiger charge is -2.18. The van der Waals surface area contributed by atoms with E-state index in [-0.39, 0.29) is 6.04 Å². The van der Waals surface area contributed by atoms with Crippen molar-refractivity contribution in [2.75, 3.05) is 11.2 Å². The molecule has 0 aliphatic rings. The lowest BCUT2D eigenvalue weighted by atomic mass is 10.1. The van der Waals surface area contributed by atoms with Crippen molar-refractivity contribution in [1.29, 1.82) is 0 Å². The Morgan fingerprint density at radius 3 is 2.61 bits per heavy atom. The van der Waals surface area contributed by atoms with E-state index in [2.05, 4.69) is 22.4 Å². The summed E-state index contributed by atoms with van der Waals surface area (Å²) in [5, 5.41) is 3.40. The molecule has 0 bridgehead atoms. The van der Waals surface area contributed by atoms with Gasteiger partial charge in [0.1, 0.15) is 5.82 Å². The van der Waals surface area contributed by atoms with E-state index >= 15 is 0 Å². The minimum absolute atomic E-state index is 0.197. The van der Waals surface area contributed by atoms with Gasteiger partial charge in [0.25, 0.3) is 0 Å². The molecule has 2 aromatic rings. The van der Waals surface area contributed by atoms with Gasteiger partial charge in [-0.1, -0.05) is 36.4 Å². The number of hydrogen-bond donors (Lipinski definition) is 1. The Balaban J connectivity index is 2.04.